The van der Waals surface area contributed by atoms with Crippen LogP contribution in [-0.2, 0) is 11.2 Å². The van der Waals surface area contributed by atoms with E-state index < -0.39 is 0 Å². The molecule has 1 saturated heterocycles. The summed E-state index contributed by atoms with van der Waals surface area (Å²) in [6.07, 6.45) is 2.61. The molecule has 2 N–H and O–H groups in total. The molecule has 0 saturated carbocycles. The molecule has 0 amide bonds. The highest BCUT2D eigenvalue weighted by Gasteiger charge is 2.24. The van der Waals surface area contributed by atoms with E-state index in [-0.39, 0.29) is 6.10 Å². The van der Waals surface area contributed by atoms with Crippen LogP contribution in [0, 0.1) is 11.3 Å². The largest absolute Gasteiger partial charge is 0.495 e. The van der Waals surface area contributed by atoms with Gasteiger partial charge in [0.15, 0.2) is 5.82 Å². The summed E-state index contributed by atoms with van der Waals surface area (Å²) >= 11 is 6.30. The number of halogens is 1. The molecule has 2 heterocycles. The Hall–Kier alpha value is -3.08. The van der Waals surface area contributed by atoms with Crippen LogP contribution in [0.2, 0.25) is 5.02 Å². The predicted molar refractivity (Wildman–Crippen MR) is 122 cm³/mol. The first-order chi connectivity index (χ1) is 15.0. The molecule has 1 aromatic heterocycles. The zero-order valence-corrected chi connectivity index (χ0v) is 18.3. The number of nitrogens with two attached hydrogens (primary N) is 1. The van der Waals surface area contributed by atoms with Crippen molar-refractivity contribution in [1.29, 1.82) is 5.26 Å². The maximum absolute atomic E-state index is 9.51. The minimum absolute atomic E-state index is 0.268. The van der Waals surface area contributed by atoms with Gasteiger partial charge in [0.05, 0.1) is 35.2 Å². The molecule has 0 atom stereocenters. The van der Waals surface area contributed by atoms with E-state index in [1.807, 2.05) is 24.3 Å². The molecule has 3 aromatic rings. The van der Waals surface area contributed by atoms with Crippen molar-refractivity contribution < 1.29 is 9.47 Å². The quantitative estimate of drug-likeness (QED) is 0.603. The van der Waals surface area contributed by atoms with Crippen molar-refractivity contribution >= 4 is 33.9 Å². The van der Waals surface area contributed by atoms with E-state index in [2.05, 4.69) is 21.2 Å². The normalized spacial score (nSPS) is 14.6. The van der Waals surface area contributed by atoms with Gasteiger partial charge in [-0.05, 0) is 42.7 Å². The summed E-state index contributed by atoms with van der Waals surface area (Å²) < 4.78 is 10.7. The number of nitrogen functional groups attached to an aromatic ring is 1. The van der Waals surface area contributed by atoms with Crippen LogP contribution in [0.25, 0.3) is 10.8 Å². The summed E-state index contributed by atoms with van der Waals surface area (Å²) in [5, 5.41) is 20.8. The molecule has 0 spiro atoms. The molecule has 160 valence electrons. The molecule has 0 unspecified atom stereocenters. The number of anilines is 2. The van der Waals surface area contributed by atoms with Crippen molar-refractivity contribution in [3.8, 4) is 11.8 Å². The molecule has 1 fully saturated rings. The van der Waals surface area contributed by atoms with E-state index in [4.69, 9.17) is 26.8 Å². The highest BCUT2D eigenvalue weighted by molar-refractivity contribution is 6.32. The molecule has 0 bridgehead atoms. The molecule has 1 aliphatic heterocycles. The van der Waals surface area contributed by atoms with Crippen LogP contribution in [0.4, 0.5) is 11.5 Å². The fourth-order valence-corrected chi connectivity index (χ4v) is 4.38. The number of ether oxygens (including phenoxy) is 2. The second kappa shape index (κ2) is 8.96. The fourth-order valence-electron chi connectivity index (χ4n) is 4.10. The summed E-state index contributed by atoms with van der Waals surface area (Å²) in [4.78, 5) is 2.21. The van der Waals surface area contributed by atoms with E-state index >= 15 is 0 Å². The number of nitrogens with zero attached hydrogens (tertiary/aromatic N) is 4. The molecule has 0 radical (unpaired) electrons. The SMILES string of the molecule is COc1ccc(Cc2nnc(N3CCC(OC)CC3)c3ccc(C#N)c(N)c23)cc1Cl. The summed E-state index contributed by atoms with van der Waals surface area (Å²) in [5.74, 6) is 1.40. The third kappa shape index (κ3) is 4.09. The zero-order valence-electron chi connectivity index (χ0n) is 17.6. The van der Waals surface area contributed by atoms with Crippen molar-refractivity contribution in [3.05, 3.63) is 52.2 Å². The molecule has 2 aromatic carbocycles. The Morgan fingerprint density at radius 3 is 2.61 bits per heavy atom. The van der Waals surface area contributed by atoms with E-state index in [9.17, 15) is 5.26 Å². The zero-order chi connectivity index (χ0) is 22.0. The number of piperidine rings is 1. The van der Waals surface area contributed by atoms with Crippen molar-refractivity contribution in [2.45, 2.75) is 25.4 Å². The van der Waals surface area contributed by atoms with E-state index in [0.717, 1.165) is 48.1 Å². The van der Waals surface area contributed by atoms with Crippen LogP contribution >= 0.6 is 11.6 Å². The fraction of sp³-hybridized carbons (Fsp3) is 0.348. The number of fused-ring (bicyclic) bond motifs is 1. The lowest BCUT2D eigenvalue weighted by Crippen LogP contribution is -2.37. The molecular formula is C23H24ClN5O2. The van der Waals surface area contributed by atoms with Crippen LogP contribution in [0.15, 0.2) is 30.3 Å². The first kappa shape index (κ1) is 21.2. The smallest absolute Gasteiger partial charge is 0.159 e. The monoisotopic (exact) mass is 437 g/mol. The standard InChI is InChI=1S/C23H24ClN5O2/c1-30-16-7-9-29(10-8-16)23-17-5-4-15(13-25)22(26)21(17)19(27-28-23)12-14-3-6-20(31-2)18(24)11-14/h3-6,11,16H,7-10,12,26H2,1-2H3. The van der Waals surface area contributed by atoms with Gasteiger partial charge in [0, 0.05) is 37.4 Å². The lowest BCUT2D eigenvalue weighted by molar-refractivity contribution is 0.0818. The number of benzene rings is 2. The van der Waals surface area contributed by atoms with E-state index in [1.165, 1.54) is 0 Å². The van der Waals surface area contributed by atoms with Gasteiger partial charge in [0.1, 0.15) is 11.8 Å². The number of methoxy groups -OCH3 is 2. The van der Waals surface area contributed by atoms with Gasteiger partial charge in [-0.15, -0.1) is 5.10 Å². The Labute approximate surface area is 186 Å². The average molecular weight is 438 g/mol. The summed E-state index contributed by atoms with van der Waals surface area (Å²) in [6.45, 7) is 1.66. The van der Waals surface area contributed by atoms with E-state index in [0.29, 0.717) is 34.1 Å². The van der Waals surface area contributed by atoms with Gasteiger partial charge in [0.2, 0.25) is 0 Å². The molecular weight excluding hydrogens is 414 g/mol. The summed E-state index contributed by atoms with van der Waals surface area (Å²) in [5.41, 5.74) is 8.95. The third-order valence-corrected chi connectivity index (χ3v) is 6.12. The number of rotatable bonds is 5. The predicted octanol–water partition coefficient (Wildman–Crippen LogP) is 3.95. The maximum Gasteiger partial charge on any atom is 0.159 e. The first-order valence-electron chi connectivity index (χ1n) is 10.1. The highest BCUT2D eigenvalue weighted by atomic mass is 35.5. The minimum Gasteiger partial charge on any atom is -0.495 e. The van der Waals surface area contributed by atoms with Crippen molar-refractivity contribution in [2.75, 3.05) is 37.9 Å². The summed E-state index contributed by atoms with van der Waals surface area (Å²) in [7, 11) is 3.33. The Morgan fingerprint density at radius 2 is 1.97 bits per heavy atom. The molecule has 31 heavy (non-hydrogen) atoms. The summed E-state index contributed by atoms with van der Waals surface area (Å²) in [6, 6.07) is 11.5. The first-order valence-corrected chi connectivity index (χ1v) is 10.5. The lowest BCUT2D eigenvalue weighted by Gasteiger charge is -2.32. The van der Waals surface area contributed by atoms with Gasteiger partial charge in [-0.3, -0.25) is 0 Å². The van der Waals surface area contributed by atoms with Gasteiger partial charge >= 0.3 is 0 Å². The van der Waals surface area contributed by atoms with Crippen LogP contribution in [-0.4, -0.2) is 43.6 Å². The maximum atomic E-state index is 9.51. The molecule has 4 rings (SSSR count). The van der Waals surface area contributed by atoms with Crippen LogP contribution in [0.3, 0.4) is 0 Å². The Bertz CT molecular complexity index is 1150. The highest BCUT2D eigenvalue weighted by Crippen LogP contribution is 2.35. The molecule has 0 aliphatic carbocycles. The third-order valence-electron chi connectivity index (χ3n) is 5.82. The van der Waals surface area contributed by atoms with Crippen LogP contribution in [0.5, 0.6) is 5.75 Å². The molecule has 7 nitrogen and oxygen atoms in total. The molecule has 1 aliphatic rings. The second-order valence-electron chi connectivity index (χ2n) is 7.60. The number of hydrogen-bond acceptors (Lipinski definition) is 7. The topological polar surface area (TPSA) is 97.3 Å². The Morgan fingerprint density at radius 1 is 1.19 bits per heavy atom. The number of aromatic nitrogens is 2. The number of hydrogen-bond donors (Lipinski definition) is 1. The lowest BCUT2D eigenvalue weighted by atomic mass is 9.99. The van der Waals surface area contributed by atoms with Crippen molar-refractivity contribution in [1.82, 2.24) is 10.2 Å². The Balaban J connectivity index is 1.78. The van der Waals surface area contributed by atoms with Crippen LogP contribution in [0.1, 0.15) is 29.7 Å². The van der Waals surface area contributed by atoms with Gasteiger partial charge in [-0.25, -0.2) is 0 Å². The van der Waals surface area contributed by atoms with E-state index in [1.54, 1.807) is 20.3 Å². The van der Waals surface area contributed by atoms with Gasteiger partial charge < -0.3 is 20.1 Å². The molecule has 8 heteroatoms. The van der Waals surface area contributed by atoms with Gasteiger partial charge in [0.25, 0.3) is 0 Å². The van der Waals surface area contributed by atoms with Crippen molar-refractivity contribution in [2.24, 2.45) is 0 Å². The van der Waals surface area contributed by atoms with Gasteiger partial charge in [-0.1, -0.05) is 17.7 Å². The van der Waals surface area contributed by atoms with Crippen LogP contribution < -0.4 is 15.4 Å². The number of nitriles is 1. The van der Waals surface area contributed by atoms with Gasteiger partial charge in [-0.2, -0.15) is 10.4 Å². The average Bonchev–Trinajstić information content (AvgIpc) is 2.79. The Kier molecular flexibility index (Phi) is 6.12. The minimum atomic E-state index is 0.268. The van der Waals surface area contributed by atoms with Crippen molar-refractivity contribution in [3.63, 3.8) is 0 Å². The second-order valence-corrected chi connectivity index (χ2v) is 8.01.